The molecule has 0 aliphatic heterocycles. The quantitative estimate of drug-likeness (QED) is 0.781. The molecular weight excluding hydrogens is 304 g/mol. The van der Waals surface area contributed by atoms with E-state index in [-0.39, 0.29) is 5.91 Å². The van der Waals surface area contributed by atoms with E-state index in [0.29, 0.717) is 12.5 Å². The number of nitrogens with one attached hydrogen (secondary N) is 1. The zero-order chi connectivity index (χ0) is 16.5. The Labute approximate surface area is 139 Å². The molecule has 1 fully saturated rings. The Morgan fingerprint density at radius 2 is 2.12 bits per heavy atom. The molecule has 1 amide bonds. The van der Waals surface area contributed by atoms with Crippen LogP contribution in [0.4, 0.5) is 5.69 Å². The highest BCUT2D eigenvalue weighted by Crippen LogP contribution is 2.40. The Hall–Kier alpha value is -2.89. The van der Waals surface area contributed by atoms with Crippen molar-refractivity contribution in [2.24, 2.45) is 0 Å². The molecule has 1 aliphatic rings. The summed E-state index contributed by atoms with van der Waals surface area (Å²) in [5, 5.41) is 6.93. The van der Waals surface area contributed by atoms with Crippen LogP contribution in [-0.2, 0) is 11.3 Å². The van der Waals surface area contributed by atoms with Gasteiger partial charge in [0, 0.05) is 42.6 Å². The number of hydrogen-bond acceptors (Lipinski definition) is 4. The van der Waals surface area contributed by atoms with Gasteiger partial charge in [-0.05, 0) is 37.1 Å². The van der Waals surface area contributed by atoms with Gasteiger partial charge >= 0.3 is 0 Å². The average molecular weight is 322 g/mol. The summed E-state index contributed by atoms with van der Waals surface area (Å²) in [6.07, 6.45) is 6.11. The van der Waals surface area contributed by atoms with E-state index in [2.05, 4.69) is 15.5 Å². The van der Waals surface area contributed by atoms with Crippen molar-refractivity contribution in [3.8, 4) is 11.4 Å². The van der Waals surface area contributed by atoms with Crippen LogP contribution in [0.25, 0.3) is 11.4 Å². The van der Waals surface area contributed by atoms with Crippen LogP contribution in [0, 0.1) is 0 Å². The number of amides is 1. The molecule has 0 bridgehead atoms. The summed E-state index contributed by atoms with van der Waals surface area (Å²) in [6, 6.07) is 9.68. The SMILES string of the molecule is CC(=O)Nc1ccc(-c2nccn2Cc2cc(C3CC3)on2)cc1. The summed E-state index contributed by atoms with van der Waals surface area (Å²) in [5.41, 5.74) is 2.67. The highest BCUT2D eigenvalue weighted by Gasteiger charge is 2.27. The van der Waals surface area contributed by atoms with Crippen LogP contribution in [0.15, 0.2) is 47.2 Å². The Kier molecular flexibility index (Phi) is 3.65. The highest BCUT2D eigenvalue weighted by atomic mass is 16.5. The van der Waals surface area contributed by atoms with Crippen molar-refractivity contribution in [1.82, 2.24) is 14.7 Å². The van der Waals surface area contributed by atoms with Gasteiger partial charge in [0.05, 0.1) is 6.54 Å². The number of rotatable bonds is 5. The first-order valence-electron chi connectivity index (χ1n) is 8.04. The van der Waals surface area contributed by atoms with Crippen molar-refractivity contribution < 1.29 is 9.32 Å². The van der Waals surface area contributed by atoms with E-state index in [1.165, 1.54) is 19.8 Å². The average Bonchev–Trinajstić information content (AvgIpc) is 3.13. The summed E-state index contributed by atoms with van der Waals surface area (Å²) >= 11 is 0. The zero-order valence-electron chi connectivity index (χ0n) is 13.4. The molecule has 6 nitrogen and oxygen atoms in total. The number of benzene rings is 1. The van der Waals surface area contributed by atoms with Gasteiger partial charge in [-0.3, -0.25) is 4.79 Å². The molecule has 0 spiro atoms. The second-order valence-electron chi connectivity index (χ2n) is 6.13. The largest absolute Gasteiger partial charge is 0.361 e. The normalized spacial score (nSPS) is 13.9. The minimum atomic E-state index is -0.0817. The molecule has 6 heteroatoms. The number of nitrogens with zero attached hydrogens (tertiary/aromatic N) is 3. The number of carbonyl (C=O) groups is 1. The lowest BCUT2D eigenvalue weighted by atomic mass is 10.2. The maximum absolute atomic E-state index is 11.1. The number of carbonyl (C=O) groups excluding carboxylic acids is 1. The van der Waals surface area contributed by atoms with E-state index in [9.17, 15) is 4.79 Å². The van der Waals surface area contributed by atoms with E-state index in [1.807, 2.05) is 41.1 Å². The molecule has 1 aliphatic carbocycles. The van der Waals surface area contributed by atoms with Gasteiger partial charge in [-0.2, -0.15) is 0 Å². The second kappa shape index (κ2) is 5.96. The maximum Gasteiger partial charge on any atom is 0.221 e. The highest BCUT2D eigenvalue weighted by molar-refractivity contribution is 5.88. The van der Waals surface area contributed by atoms with E-state index < -0.39 is 0 Å². The first-order valence-corrected chi connectivity index (χ1v) is 8.04. The van der Waals surface area contributed by atoms with E-state index in [4.69, 9.17) is 4.52 Å². The van der Waals surface area contributed by atoms with Gasteiger partial charge in [-0.25, -0.2) is 4.98 Å². The van der Waals surface area contributed by atoms with Gasteiger partial charge < -0.3 is 14.4 Å². The fourth-order valence-corrected chi connectivity index (χ4v) is 2.74. The van der Waals surface area contributed by atoms with Crippen molar-refractivity contribution in [1.29, 1.82) is 0 Å². The van der Waals surface area contributed by atoms with Crippen molar-refractivity contribution >= 4 is 11.6 Å². The molecule has 0 saturated heterocycles. The standard InChI is InChI=1S/C18H18N4O2/c1-12(23)20-15-6-4-14(5-7-15)18-19-8-9-22(18)11-16-10-17(24-21-16)13-2-3-13/h4-10,13H,2-3,11H2,1H3,(H,20,23). The first-order chi connectivity index (χ1) is 11.7. The third-order valence-electron chi connectivity index (χ3n) is 4.07. The Morgan fingerprint density at radius 1 is 1.33 bits per heavy atom. The zero-order valence-corrected chi connectivity index (χ0v) is 13.4. The fourth-order valence-electron chi connectivity index (χ4n) is 2.74. The number of aromatic nitrogens is 3. The summed E-state index contributed by atoms with van der Waals surface area (Å²) in [4.78, 5) is 15.5. The predicted molar refractivity (Wildman–Crippen MR) is 89.5 cm³/mol. The molecule has 3 aromatic rings. The minimum Gasteiger partial charge on any atom is -0.361 e. The van der Waals surface area contributed by atoms with Gasteiger partial charge in [-0.1, -0.05) is 5.16 Å². The molecule has 0 radical (unpaired) electrons. The van der Waals surface area contributed by atoms with Crippen LogP contribution < -0.4 is 5.32 Å². The van der Waals surface area contributed by atoms with Crippen molar-refractivity contribution in [3.63, 3.8) is 0 Å². The van der Waals surface area contributed by atoms with Crippen molar-refractivity contribution in [2.75, 3.05) is 5.32 Å². The molecular formula is C18H18N4O2. The molecule has 1 saturated carbocycles. The molecule has 2 heterocycles. The summed E-state index contributed by atoms with van der Waals surface area (Å²) in [6.45, 7) is 2.12. The Bertz CT molecular complexity index is 859. The topological polar surface area (TPSA) is 73.0 Å². The monoisotopic (exact) mass is 322 g/mol. The first kappa shape index (κ1) is 14.7. The van der Waals surface area contributed by atoms with Crippen molar-refractivity contribution in [3.05, 3.63) is 54.2 Å². The van der Waals surface area contributed by atoms with Crippen LogP contribution in [-0.4, -0.2) is 20.6 Å². The molecule has 1 aromatic carbocycles. The van der Waals surface area contributed by atoms with E-state index in [0.717, 1.165) is 28.5 Å². The van der Waals surface area contributed by atoms with Crippen LogP contribution in [0.1, 0.15) is 37.1 Å². The lowest BCUT2D eigenvalue weighted by Crippen LogP contribution is -2.05. The molecule has 122 valence electrons. The predicted octanol–water partition coefficient (Wildman–Crippen LogP) is 3.42. The summed E-state index contributed by atoms with van der Waals surface area (Å²) in [7, 11) is 0. The van der Waals surface area contributed by atoms with Crippen LogP contribution in [0.5, 0.6) is 0 Å². The van der Waals surface area contributed by atoms with Crippen LogP contribution >= 0.6 is 0 Å². The number of imidazole rings is 1. The van der Waals surface area contributed by atoms with E-state index >= 15 is 0 Å². The molecule has 0 atom stereocenters. The van der Waals surface area contributed by atoms with Crippen LogP contribution in [0.3, 0.4) is 0 Å². The lowest BCUT2D eigenvalue weighted by molar-refractivity contribution is -0.114. The maximum atomic E-state index is 11.1. The van der Waals surface area contributed by atoms with Gasteiger partial charge in [0.15, 0.2) is 0 Å². The third-order valence-corrected chi connectivity index (χ3v) is 4.07. The van der Waals surface area contributed by atoms with Crippen molar-refractivity contribution in [2.45, 2.75) is 32.2 Å². The minimum absolute atomic E-state index is 0.0817. The molecule has 2 aromatic heterocycles. The fraction of sp³-hybridized carbons (Fsp3) is 0.278. The van der Waals surface area contributed by atoms with Gasteiger partial charge in [0.1, 0.15) is 17.3 Å². The van der Waals surface area contributed by atoms with Gasteiger partial charge in [-0.15, -0.1) is 0 Å². The Morgan fingerprint density at radius 3 is 2.83 bits per heavy atom. The van der Waals surface area contributed by atoms with Gasteiger partial charge in [0.2, 0.25) is 5.91 Å². The third kappa shape index (κ3) is 3.08. The number of anilines is 1. The molecule has 4 rings (SSSR count). The van der Waals surface area contributed by atoms with E-state index in [1.54, 1.807) is 6.20 Å². The van der Waals surface area contributed by atoms with Crippen LogP contribution in [0.2, 0.25) is 0 Å². The second-order valence-corrected chi connectivity index (χ2v) is 6.13. The molecule has 24 heavy (non-hydrogen) atoms. The molecule has 1 N–H and O–H groups in total. The molecule has 0 unspecified atom stereocenters. The summed E-state index contributed by atoms with van der Waals surface area (Å²) in [5.74, 6) is 2.34. The summed E-state index contributed by atoms with van der Waals surface area (Å²) < 4.78 is 7.46. The van der Waals surface area contributed by atoms with Gasteiger partial charge in [0.25, 0.3) is 0 Å². The Balaban J connectivity index is 1.53. The number of hydrogen-bond donors (Lipinski definition) is 1. The smallest absolute Gasteiger partial charge is 0.221 e. The lowest BCUT2D eigenvalue weighted by Gasteiger charge is -2.07.